The van der Waals surface area contributed by atoms with Gasteiger partial charge in [0.05, 0.1) is 17.7 Å². The summed E-state index contributed by atoms with van der Waals surface area (Å²) in [5.74, 6) is 1.44. The maximum absolute atomic E-state index is 12.7. The number of carbonyl (C=O) groups excluding carboxylic acids is 1. The Morgan fingerprint density at radius 3 is 2.43 bits per heavy atom. The molecule has 0 bridgehead atoms. The molecular weight excluding hydrogens is 512 g/mol. The number of fused-ring (bicyclic) bond motifs is 1. The van der Waals surface area contributed by atoms with Crippen LogP contribution in [0.1, 0.15) is 11.1 Å². The molecule has 37 heavy (non-hydrogen) atoms. The zero-order valence-corrected chi connectivity index (χ0v) is 21.3. The summed E-state index contributed by atoms with van der Waals surface area (Å²) in [6.45, 7) is 0.695. The molecule has 0 aliphatic carbocycles. The SMILES string of the molecule is COc1ccccc1OCCOc1ccc(/C=C2/C(=N)N3N=C(c4ccccc4Cl)SC3=NC2=O)cc1. The first-order valence-electron chi connectivity index (χ1n) is 11.3. The van der Waals surface area contributed by atoms with Crippen molar-refractivity contribution in [3.63, 3.8) is 0 Å². The number of benzene rings is 3. The average molecular weight is 533 g/mol. The van der Waals surface area contributed by atoms with E-state index in [0.29, 0.717) is 45.7 Å². The van der Waals surface area contributed by atoms with Crippen molar-refractivity contribution in [2.75, 3.05) is 20.3 Å². The Labute approximate surface area is 222 Å². The highest BCUT2D eigenvalue weighted by Crippen LogP contribution is 2.33. The number of amidine groups is 2. The zero-order valence-electron chi connectivity index (χ0n) is 19.7. The molecule has 0 unspecified atom stereocenters. The van der Waals surface area contributed by atoms with Crippen LogP contribution in [0.25, 0.3) is 6.08 Å². The molecule has 0 saturated heterocycles. The first kappa shape index (κ1) is 24.6. The van der Waals surface area contributed by atoms with Crippen molar-refractivity contribution in [3.8, 4) is 17.2 Å². The summed E-state index contributed by atoms with van der Waals surface area (Å²) >= 11 is 7.50. The molecule has 3 aromatic rings. The quantitative estimate of drug-likeness (QED) is 0.305. The van der Waals surface area contributed by atoms with Gasteiger partial charge in [0.25, 0.3) is 5.91 Å². The summed E-state index contributed by atoms with van der Waals surface area (Å²) in [7, 11) is 1.60. The van der Waals surface area contributed by atoms with Crippen molar-refractivity contribution in [2.45, 2.75) is 0 Å². The number of hydrogen-bond acceptors (Lipinski definition) is 7. The first-order valence-corrected chi connectivity index (χ1v) is 12.5. The monoisotopic (exact) mass is 532 g/mol. The number of para-hydroxylation sites is 2. The van der Waals surface area contributed by atoms with Gasteiger partial charge in [0.2, 0.25) is 5.17 Å². The fraction of sp³-hybridized carbons (Fsp3) is 0.111. The molecule has 186 valence electrons. The van der Waals surface area contributed by atoms with Gasteiger partial charge in [0.1, 0.15) is 24.0 Å². The van der Waals surface area contributed by atoms with Gasteiger partial charge in [-0.3, -0.25) is 10.2 Å². The van der Waals surface area contributed by atoms with Crippen molar-refractivity contribution in [3.05, 3.63) is 94.5 Å². The third kappa shape index (κ3) is 5.37. The van der Waals surface area contributed by atoms with Gasteiger partial charge in [-0.05, 0) is 53.7 Å². The van der Waals surface area contributed by atoms with E-state index in [9.17, 15) is 4.79 Å². The number of hydrogen-bond donors (Lipinski definition) is 1. The standard InChI is InChI=1S/C27H21ClN4O4S/c1-34-22-8-4-5-9-23(22)36-15-14-35-18-12-10-17(11-13-18)16-20-24(29)32-27(30-25(20)33)37-26(31-32)19-6-2-3-7-21(19)28/h2-13,16,29H,14-15H2,1H3/b20-16-,29-24?. The van der Waals surface area contributed by atoms with Crippen LogP contribution >= 0.6 is 23.4 Å². The van der Waals surface area contributed by atoms with Crippen LogP contribution in [0.4, 0.5) is 0 Å². The maximum Gasteiger partial charge on any atom is 0.283 e. The minimum atomic E-state index is -0.492. The van der Waals surface area contributed by atoms with E-state index in [4.69, 9.17) is 31.2 Å². The summed E-state index contributed by atoms with van der Waals surface area (Å²) in [4.78, 5) is 16.8. The van der Waals surface area contributed by atoms with Crippen LogP contribution in [0, 0.1) is 5.41 Å². The summed E-state index contributed by atoms with van der Waals surface area (Å²) in [6, 6.07) is 21.9. The molecule has 2 aliphatic rings. The number of nitrogens with zero attached hydrogens (tertiary/aromatic N) is 3. The van der Waals surface area contributed by atoms with Gasteiger partial charge in [-0.1, -0.05) is 54.1 Å². The lowest BCUT2D eigenvalue weighted by Gasteiger charge is -2.20. The molecule has 5 rings (SSSR count). The van der Waals surface area contributed by atoms with Crippen molar-refractivity contribution in [1.29, 1.82) is 5.41 Å². The number of halogens is 1. The van der Waals surface area contributed by atoms with Crippen LogP contribution in [-0.2, 0) is 4.79 Å². The molecule has 1 N–H and O–H groups in total. The van der Waals surface area contributed by atoms with E-state index < -0.39 is 5.91 Å². The van der Waals surface area contributed by atoms with Gasteiger partial charge in [0, 0.05) is 5.56 Å². The molecule has 0 radical (unpaired) electrons. The molecule has 2 heterocycles. The van der Waals surface area contributed by atoms with Crippen molar-refractivity contribution in [1.82, 2.24) is 5.01 Å². The Bertz CT molecular complexity index is 1450. The zero-order chi connectivity index (χ0) is 25.8. The lowest BCUT2D eigenvalue weighted by Crippen LogP contribution is -2.35. The van der Waals surface area contributed by atoms with E-state index in [1.54, 1.807) is 43.5 Å². The van der Waals surface area contributed by atoms with Crippen LogP contribution in [-0.4, -0.2) is 47.3 Å². The fourth-order valence-corrected chi connectivity index (χ4v) is 4.82. The van der Waals surface area contributed by atoms with Crippen molar-refractivity contribution >= 4 is 51.4 Å². The topological polar surface area (TPSA) is 96.6 Å². The molecule has 8 nitrogen and oxygen atoms in total. The Kier molecular flexibility index (Phi) is 7.25. The van der Waals surface area contributed by atoms with Crippen LogP contribution in [0.2, 0.25) is 5.02 Å². The van der Waals surface area contributed by atoms with E-state index in [0.717, 1.165) is 11.1 Å². The van der Waals surface area contributed by atoms with Crippen LogP contribution in [0.5, 0.6) is 17.2 Å². The molecule has 0 spiro atoms. The van der Waals surface area contributed by atoms with Gasteiger partial charge in [-0.25, -0.2) is 0 Å². The number of methoxy groups -OCH3 is 1. The summed E-state index contributed by atoms with van der Waals surface area (Å²) in [5.41, 5.74) is 1.60. The second-order valence-electron chi connectivity index (χ2n) is 7.82. The van der Waals surface area contributed by atoms with Crippen molar-refractivity contribution in [2.24, 2.45) is 10.1 Å². The summed E-state index contributed by atoms with van der Waals surface area (Å²) < 4.78 is 16.7. The van der Waals surface area contributed by atoms with Gasteiger partial charge in [-0.2, -0.15) is 15.1 Å². The normalized spacial score (nSPS) is 15.8. The molecule has 10 heteroatoms. The number of thioether (sulfide) groups is 1. The van der Waals surface area contributed by atoms with E-state index >= 15 is 0 Å². The van der Waals surface area contributed by atoms with E-state index in [1.165, 1.54) is 16.8 Å². The van der Waals surface area contributed by atoms with Gasteiger partial charge in [-0.15, -0.1) is 0 Å². The molecule has 0 saturated carbocycles. The number of aliphatic imine (C=N–C) groups is 1. The number of carbonyl (C=O) groups is 1. The lowest BCUT2D eigenvalue weighted by atomic mass is 10.1. The van der Waals surface area contributed by atoms with Gasteiger partial charge >= 0.3 is 0 Å². The minimum Gasteiger partial charge on any atom is -0.493 e. The number of ether oxygens (including phenoxy) is 3. The first-order chi connectivity index (χ1) is 18.0. The maximum atomic E-state index is 12.7. The molecule has 0 aromatic heterocycles. The Morgan fingerprint density at radius 2 is 1.68 bits per heavy atom. The Hall–Kier alpha value is -4.08. The van der Waals surface area contributed by atoms with Crippen LogP contribution in [0.15, 0.2) is 88.5 Å². The summed E-state index contributed by atoms with van der Waals surface area (Å²) in [6.07, 6.45) is 1.62. The smallest absolute Gasteiger partial charge is 0.283 e. The second kappa shape index (κ2) is 10.9. The summed E-state index contributed by atoms with van der Waals surface area (Å²) in [5, 5.41) is 15.9. The molecule has 3 aromatic carbocycles. The molecule has 0 fully saturated rings. The highest BCUT2D eigenvalue weighted by atomic mass is 35.5. The minimum absolute atomic E-state index is 0.0432. The van der Waals surface area contributed by atoms with Gasteiger partial charge < -0.3 is 14.2 Å². The highest BCUT2D eigenvalue weighted by molar-refractivity contribution is 8.27. The largest absolute Gasteiger partial charge is 0.493 e. The lowest BCUT2D eigenvalue weighted by molar-refractivity contribution is -0.114. The fourth-order valence-electron chi connectivity index (χ4n) is 3.61. The third-order valence-electron chi connectivity index (χ3n) is 5.43. The number of rotatable bonds is 8. The average Bonchev–Trinajstić information content (AvgIpc) is 3.34. The van der Waals surface area contributed by atoms with Gasteiger partial charge in [0.15, 0.2) is 17.3 Å². The van der Waals surface area contributed by atoms with Crippen LogP contribution in [0.3, 0.4) is 0 Å². The van der Waals surface area contributed by atoms with E-state index in [1.807, 2.05) is 42.5 Å². The van der Waals surface area contributed by atoms with E-state index in [2.05, 4.69) is 10.1 Å². The number of nitrogens with one attached hydrogen (secondary N) is 1. The second-order valence-corrected chi connectivity index (χ2v) is 9.19. The molecular formula is C27H21ClN4O4S. The number of hydrazone groups is 1. The molecule has 0 atom stereocenters. The predicted molar refractivity (Wildman–Crippen MR) is 146 cm³/mol. The van der Waals surface area contributed by atoms with E-state index in [-0.39, 0.29) is 11.4 Å². The van der Waals surface area contributed by atoms with Crippen molar-refractivity contribution < 1.29 is 19.0 Å². The Morgan fingerprint density at radius 1 is 0.973 bits per heavy atom. The third-order valence-corrected chi connectivity index (χ3v) is 6.70. The molecule has 2 aliphatic heterocycles. The Balaban J connectivity index is 1.23. The number of amides is 1. The predicted octanol–water partition coefficient (Wildman–Crippen LogP) is 5.47. The highest BCUT2D eigenvalue weighted by Gasteiger charge is 2.36. The van der Waals surface area contributed by atoms with Crippen LogP contribution < -0.4 is 14.2 Å². The molecule has 1 amide bonds.